The van der Waals surface area contributed by atoms with E-state index in [1.54, 1.807) is 18.2 Å². The van der Waals surface area contributed by atoms with Crippen molar-refractivity contribution in [2.75, 3.05) is 39.4 Å². The summed E-state index contributed by atoms with van der Waals surface area (Å²) in [4.78, 5) is 29.6. The van der Waals surface area contributed by atoms with Crippen LogP contribution >= 0.6 is 0 Å². The summed E-state index contributed by atoms with van der Waals surface area (Å²) in [6.07, 6.45) is 0. The molecular formula is C23H22N2O4. The van der Waals surface area contributed by atoms with Gasteiger partial charge in [-0.15, -0.1) is 0 Å². The van der Waals surface area contributed by atoms with Crippen molar-refractivity contribution < 1.29 is 13.9 Å². The predicted molar refractivity (Wildman–Crippen MR) is 110 cm³/mol. The van der Waals surface area contributed by atoms with Gasteiger partial charge in [0.2, 0.25) is 0 Å². The second-order valence-electron chi connectivity index (χ2n) is 7.58. The topological polar surface area (TPSA) is 63.0 Å². The number of hydrogen-bond acceptors (Lipinski definition) is 5. The van der Waals surface area contributed by atoms with Crippen LogP contribution in [0, 0.1) is 0 Å². The highest BCUT2D eigenvalue weighted by atomic mass is 16.5. The number of fused-ring (bicyclic) bond motifs is 1. The predicted octanol–water partition coefficient (Wildman–Crippen LogP) is 2.62. The third-order valence-electron chi connectivity index (χ3n) is 5.77. The van der Waals surface area contributed by atoms with Crippen LogP contribution in [0.4, 0.5) is 0 Å². The molecule has 0 saturated carbocycles. The van der Waals surface area contributed by atoms with Crippen molar-refractivity contribution in [1.29, 1.82) is 0 Å². The SMILES string of the molecule is O=C(c1cccc(-c2cc3ccccc3oc2=O)c1)N1CC(N2CCOCC2)C1. The first-order valence-corrected chi connectivity index (χ1v) is 9.93. The molecule has 5 rings (SSSR count). The van der Waals surface area contributed by atoms with Gasteiger partial charge in [-0.25, -0.2) is 4.79 Å². The van der Waals surface area contributed by atoms with Crippen molar-refractivity contribution in [1.82, 2.24) is 9.80 Å². The molecule has 29 heavy (non-hydrogen) atoms. The van der Waals surface area contributed by atoms with Gasteiger partial charge in [0.25, 0.3) is 5.91 Å². The molecule has 3 aromatic rings. The van der Waals surface area contributed by atoms with E-state index in [9.17, 15) is 9.59 Å². The van der Waals surface area contributed by atoms with E-state index in [0.29, 0.717) is 28.3 Å². The molecule has 0 N–H and O–H groups in total. The monoisotopic (exact) mass is 390 g/mol. The van der Waals surface area contributed by atoms with E-state index in [1.165, 1.54) is 0 Å². The number of morpholine rings is 1. The van der Waals surface area contributed by atoms with E-state index in [-0.39, 0.29) is 5.91 Å². The number of para-hydroxylation sites is 1. The molecule has 0 unspecified atom stereocenters. The number of benzene rings is 2. The first kappa shape index (κ1) is 18.1. The van der Waals surface area contributed by atoms with Gasteiger partial charge in [0.05, 0.1) is 18.8 Å². The second-order valence-corrected chi connectivity index (χ2v) is 7.58. The Morgan fingerprint density at radius 1 is 0.966 bits per heavy atom. The number of ether oxygens (including phenoxy) is 1. The number of rotatable bonds is 3. The van der Waals surface area contributed by atoms with E-state index >= 15 is 0 Å². The number of carbonyl (C=O) groups is 1. The molecule has 0 spiro atoms. The van der Waals surface area contributed by atoms with Gasteiger partial charge in [-0.3, -0.25) is 9.69 Å². The van der Waals surface area contributed by atoms with Gasteiger partial charge in [0.15, 0.2) is 0 Å². The number of nitrogens with zero attached hydrogens (tertiary/aromatic N) is 2. The lowest BCUT2D eigenvalue weighted by Gasteiger charge is -2.46. The van der Waals surface area contributed by atoms with Crippen LogP contribution in [0.2, 0.25) is 0 Å². The number of hydrogen-bond donors (Lipinski definition) is 0. The van der Waals surface area contributed by atoms with Crippen LogP contribution in [0.1, 0.15) is 10.4 Å². The largest absolute Gasteiger partial charge is 0.422 e. The third-order valence-corrected chi connectivity index (χ3v) is 5.77. The summed E-state index contributed by atoms with van der Waals surface area (Å²) in [5, 5.41) is 0.856. The Kier molecular flexibility index (Phi) is 4.66. The highest BCUT2D eigenvalue weighted by molar-refractivity contribution is 5.96. The molecule has 6 heteroatoms. The average molecular weight is 390 g/mol. The number of likely N-dealkylation sites (tertiary alicyclic amines) is 1. The van der Waals surface area contributed by atoms with E-state index in [4.69, 9.17) is 9.15 Å². The minimum Gasteiger partial charge on any atom is -0.422 e. The lowest BCUT2D eigenvalue weighted by molar-refractivity contribution is -0.0256. The molecule has 2 aliphatic heterocycles. The lowest BCUT2D eigenvalue weighted by atomic mass is 10.0. The Morgan fingerprint density at radius 3 is 2.59 bits per heavy atom. The summed E-state index contributed by atoms with van der Waals surface area (Å²) < 4.78 is 10.8. The van der Waals surface area contributed by atoms with Crippen LogP contribution < -0.4 is 5.63 Å². The Labute approximate surface area is 168 Å². The molecule has 2 aliphatic rings. The Morgan fingerprint density at radius 2 is 1.76 bits per heavy atom. The smallest absolute Gasteiger partial charge is 0.344 e. The molecule has 0 radical (unpaired) electrons. The molecule has 2 saturated heterocycles. The van der Waals surface area contributed by atoms with Gasteiger partial charge in [0.1, 0.15) is 5.58 Å². The zero-order valence-electron chi connectivity index (χ0n) is 16.0. The van der Waals surface area contributed by atoms with Gasteiger partial charge in [0, 0.05) is 43.2 Å². The first-order chi connectivity index (χ1) is 14.2. The fourth-order valence-electron chi connectivity index (χ4n) is 4.06. The molecule has 0 bridgehead atoms. The van der Waals surface area contributed by atoms with Crippen LogP contribution in [0.5, 0.6) is 0 Å². The Bertz CT molecular complexity index is 1110. The minimum absolute atomic E-state index is 0.00142. The summed E-state index contributed by atoms with van der Waals surface area (Å²) in [6, 6.07) is 16.9. The maximum absolute atomic E-state index is 12.9. The minimum atomic E-state index is -0.398. The normalized spacial score (nSPS) is 18.0. The average Bonchev–Trinajstić information content (AvgIpc) is 2.73. The maximum atomic E-state index is 12.9. The van der Waals surface area contributed by atoms with Crippen LogP contribution in [0.3, 0.4) is 0 Å². The van der Waals surface area contributed by atoms with Gasteiger partial charge in [-0.1, -0.05) is 30.3 Å². The van der Waals surface area contributed by atoms with Gasteiger partial charge in [-0.05, 0) is 29.8 Å². The van der Waals surface area contributed by atoms with Crippen LogP contribution in [-0.4, -0.2) is 61.1 Å². The molecule has 6 nitrogen and oxygen atoms in total. The second kappa shape index (κ2) is 7.46. The molecule has 3 heterocycles. The van der Waals surface area contributed by atoms with Gasteiger partial charge >= 0.3 is 5.63 Å². The van der Waals surface area contributed by atoms with Crippen LogP contribution in [0.25, 0.3) is 22.1 Å². The van der Waals surface area contributed by atoms with Crippen LogP contribution in [-0.2, 0) is 4.74 Å². The molecule has 0 aliphatic carbocycles. The lowest BCUT2D eigenvalue weighted by Crippen LogP contribution is -2.62. The molecule has 0 atom stereocenters. The van der Waals surface area contributed by atoms with Crippen molar-refractivity contribution in [2.24, 2.45) is 0 Å². The zero-order chi connectivity index (χ0) is 19.8. The molecule has 2 aromatic carbocycles. The highest BCUT2D eigenvalue weighted by Crippen LogP contribution is 2.24. The number of amides is 1. The summed E-state index contributed by atoms with van der Waals surface area (Å²) in [7, 11) is 0. The summed E-state index contributed by atoms with van der Waals surface area (Å²) in [6.45, 7) is 4.86. The summed E-state index contributed by atoms with van der Waals surface area (Å²) >= 11 is 0. The highest BCUT2D eigenvalue weighted by Gasteiger charge is 2.35. The zero-order valence-corrected chi connectivity index (χ0v) is 16.0. The number of carbonyl (C=O) groups excluding carboxylic acids is 1. The van der Waals surface area contributed by atoms with E-state index in [0.717, 1.165) is 44.8 Å². The van der Waals surface area contributed by atoms with Gasteiger partial charge in [-0.2, -0.15) is 0 Å². The summed E-state index contributed by atoms with van der Waals surface area (Å²) in [5.74, 6) is 0.00142. The fraction of sp³-hybridized carbons (Fsp3) is 0.304. The molecule has 148 valence electrons. The van der Waals surface area contributed by atoms with E-state index < -0.39 is 5.63 Å². The maximum Gasteiger partial charge on any atom is 0.344 e. The quantitative estimate of drug-likeness (QED) is 0.644. The molecule has 2 fully saturated rings. The first-order valence-electron chi connectivity index (χ1n) is 9.93. The van der Waals surface area contributed by atoms with Crippen molar-refractivity contribution in [3.05, 3.63) is 70.6 Å². The molecule has 1 amide bonds. The Hall–Kier alpha value is -2.96. The van der Waals surface area contributed by atoms with Crippen molar-refractivity contribution >= 4 is 16.9 Å². The van der Waals surface area contributed by atoms with Gasteiger partial charge < -0.3 is 14.1 Å². The fourth-order valence-corrected chi connectivity index (χ4v) is 4.06. The molecule has 1 aromatic heterocycles. The summed E-state index contributed by atoms with van der Waals surface area (Å²) in [5.41, 5.74) is 1.91. The van der Waals surface area contributed by atoms with Crippen LogP contribution in [0.15, 0.2) is 63.8 Å². The third kappa shape index (κ3) is 3.45. The molecular weight excluding hydrogens is 368 g/mol. The van der Waals surface area contributed by atoms with Crippen molar-refractivity contribution in [3.8, 4) is 11.1 Å². The standard InChI is InChI=1S/C23H22N2O4/c26-22(25-14-19(15-25)24-8-10-28-11-9-24)18-6-3-5-16(12-18)20-13-17-4-1-2-7-21(17)29-23(20)27/h1-7,12-13,19H,8-11,14-15H2. The van der Waals surface area contributed by atoms with Crippen molar-refractivity contribution in [3.63, 3.8) is 0 Å². The van der Waals surface area contributed by atoms with E-state index in [1.807, 2.05) is 41.3 Å². The van der Waals surface area contributed by atoms with Crippen molar-refractivity contribution in [2.45, 2.75) is 6.04 Å². The Balaban J connectivity index is 1.36. The van der Waals surface area contributed by atoms with E-state index in [2.05, 4.69) is 4.90 Å².